The Bertz CT molecular complexity index is 857. The summed E-state index contributed by atoms with van der Waals surface area (Å²) in [4.78, 5) is 16.1. The van der Waals surface area contributed by atoms with E-state index in [1.807, 2.05) is 24.0 Å². The van der Waals surface area contributed by atoms with Crippen LogP contribution in [-0.4, -0.2) is 37.9 Å². The van der Waals surface area contributed by atoms with Gasteiger partial charge in [-0.05, 0) is 44.0 Å². The highest BCUT2D eigenvalue weighted by Gasteiger charge is 2.16. The fourth-order valence-electron chi connectivity index (χ4n) is 3.03. The lowest BCUT2D eigenvalue weighted by atomic mass is 10.1. The van der Waals surface area contributed by atoms with Crippen LogP contribution in [0.2, 0.25) is 0 Å². The Morgan fingerprint density at radius 1 is 1.33 bits per heavy atom. The maximum atomic E-state index is 14.5. The van der Waals surface area contributed by atoms with Crippen LogP contribution < -0.4 is 10.3 Å². The van der Waals surface area contributed by atoms with Crippen molar-refractivity contribution >= 4 is 28.6 Å². The van der Waals surface area contributed by atoms with Crippen LogP contribution in [0.25, 0.3) is 0 Å². The number of ether oxygens (including phenoxy) is 1. The monoisotopic (exact) mass is 389 g/mol. The van der Waals surface area contributed by atoms with Crippen molar-refractivity contribution in [3.8, 4) is 0 Å². The van der Waals surface area contributed by atoms with Crippen molar-refractivity contribution in [2.75, 3.05) is 31.2 Å². The molecular weight excluding hydrogens is 365 g/mol. The molecule has 0 bridgehead atoms. The molecule has 1 saturated heterocycles. The number of anilines is 1. The van der Waals surface area contributed by atoms with Gasteiger partial charge in [-0.15, -0.1) is 11.3 Å². The predicted molar refractivity (Wildman–Crippen MR) is 108 cm³/mol. The molecule has 1 amide bonds. The summed E-state index contributed by atoms with van der Waals surface area (Å²) in [5.74, 6) is -0.538. The number of rotatable bonds is 5. The highest BCUT2D eigenvalue weighted by molar-refractivity contribution is 7.14. The Morgan fingerprint density at radius 3 is 2.70 bits per heavy atom. The van der Waals surface area contributed by atoms with Gasteiger partial charge in [-0.3, -0.25) is 4.79 Å². The maximum absolute atomic E-state index is 14.5. The summed E-state index contributed by atoms with van der Waals surface area (Å²) in [5, 5.41) is 4.14. The second-order valence-corrected chi connectivity index (χ2v) is 7.61. The zero-order valence-electron chi connectivity index (χ0n) is 15.8. The van der Waals surface area contributed by atoms with Crippen LogP contribution in [0.3, 0.4) is 0 Å². The number of thiophene rings is 1. The molecule has 2 heterocycles. The third kappa shape index (κ3) is 4.54. The van der Waals surface area contributed by atoms with Crippen molar-refractivity contribution in [3.63, 3.8) is 0 Å². The van der Waals surface area contributed by atoms with Gasteiger partial charge in [-0.2, -0.15) is 5.10 Å². The number of amides is 1. The Kier molecular flexibility index (Phi) is 6.23. The van der Waals surface area contributed by atoms with Crippen LogP contribution in [0, 0.1) is 12.7 Å². The van der Waals surface area contributed by atoms with Crippen molar-refractivity contribution < 1.29 is 13.9 Å². The van der Waals surface area contributed by atoms with Crippen LogP contribution in [0.15, 0.2) is 29.4 Å². The molecule has 144 valence electrons. The molecule has 0 saturated carbocycles. The van der Waals surface area contributed by atoms with Crippen molar-refractivity contribution in [3.05, 3.63) is 51.0 Å². The van der Waals surface area contributed by atoms with E-state index in [0.717, 1.165) is 12.0 Å². The zero-order valence-corrected chi connectivity index (χ0v) is 16.7. The molecule has 27 heavy (non-hydrogen) atoms. The van der Waals surface area contributed by atoms with Gasteiger partial charge in [0.1, 0.15) is 5.82 Å². The first-order chi connectivity index (χ1) is 13.0. The molecule has 1 fully saturated rings. The molecule has 2 aromatic rings. The number of benzene rings is 1. The standard InChI is InChI=1S/C20H24FN3O2S/c1-4-18-13(2)11-19(27-18)20(25)23-22-14(3)15-5-6-17(16(21)12-15)24-7-9-26-10-8-24/h5-6,11-12H,4,7-10H2,1-3H3,(H,23,25)/b22-14+. The third-order valence-corrected chi connectivity index (χ3v) is 5.99. The zero-order chi connectivity index (χ0) is 19.4. The SMILES string of the molecule is CCc1sc(C(=O)N/N=C(\C)c2ccc(N3CCOCC3)c(F)c2)cc1C. The van der Waals surface area contributed by atoms with E-state index < -0.39 is 0 Å². The highest BCUT2D eigenvalue weighted by atomic mass is 32.1. The Morgan fingerprint density at radius 2 is 2.07 bits per heavy atom. The van der Waals surface area contributed by atoms with Gasteiger partial charge in [0.15, 0.2) is 0 Å². The second kappa shape index (κ2) is 8.63. The van der Waals surface area contributed by atoms with Crippen LogP contribution in [0.5, 0.6) is 0 Å². The molecule has 3 rings (SSSR count). The molecule has 5 nitrogen and oxygen atoms in total. The molecule has 1 N–H and O–H groups in total. The van der Waals surface area contributed by atoms with E-state index >= 15 is 0 Å². The van der Waals surface area contributed by atoms with Gasteiger partial charge in [0, 0.05) is 23.5 Å². The lowest BCUT2D eigenvalue weighted by Gasteiger charge is -2.29. The van der Waals surface area contributed by atoms with Crippen molar-refractivity contribution in [2.45, 2.75) is 27.2 Å². The molecule has 1 aromatic heterocycles. The quantitative estimate of drug-likeness (QED) is 0.626. The summed E-state index contributed by atoms with van der Waals surface area (Å²) >= 11 is 1.48. The van der Waals surface area contributed by atoms with Crippen LogP contribution in [0.1, 0.15) is 39.5 Å². The molecule has 7 heteroatoms. The molecule has 0 atom stereocenters. The number of morpholine rings is 1. The van der Waals surface area contributed by atoms with Gasteiger partial charge < -0.3 is 9.64 Å². The molecular formula is C20H24FN3O2S. The summed E-state index contributed by atoms with van der Waals surface area (Å²) < 4.78 is 19.8. The highest BCUT2D eigenvalue weighted by Crippen LogP contribution is 2.23. The average Bonchev–Trinajstić information content (AvgIpc) is 3.07. The average molecular weight is 389 g/mol. The van der Waals surface area contributed by atoms with Gasteiger partial charge in [0.25, 0.3) is 5.91 Å². The van der Waals surface area contributed by atoms with Crippen molar-refractivity contribution in [1.82, 2.24) is 5.43 Å². The van der Waals surface area contributed by atoms with Crippen LogP contribution in [-0.2, 0) is 11.2 Å². The van der Waals surface area contributed by atoms with E-state index in [9.17, 15) is 9.18 Å². The molecule has 0 spiro atoms. The number of halogens is 1. The predicted octanol–water partition coefficient (Wildman–Crippen LogP) is 3.75. The van der Waals surface area contributed by atoms with E-state index in [2.05, 4.69) is 17.5 Å². The number of hydrogen-bond acceptors (Lipinski definition) is 5. The van der Waals surface area contributed by atoms with Crippen molar-refractivity contribution in [1.29, 1.82) is 0 Å². The summed E-state index contributed by atoms with van der Waals surface area (Å²) in [6, 6.07) is 6.91. The van der Waals surface area contributed by atoms with Gasteiger partial charge in [0.05, 0.1) is 29.5 Å². The van der Waals surface area contributed by atoms with E-state index in [1.54, 1.807) is 13.0 Å². The Labute approximate surface area is 162 Å². The van der Waals surface area contributed by atoms with Crippen LogP contribution >= 0.6 is 11.3 Å². The maximum Gasteiger partial charge on any atom is 0.281 e. The lowest BCUT2D eigenvalue weighted by Crippen LogP contribution is -2.36. The fourth-order valence-corrected chi connectivity index (χ4v) is 4.03. The number of carbonyl (C=O) groups excluding carboxylic acids is 1. The largest absolute Gasteiger partial charge is 0.378 e. The molecule has 0 aliphatic carbocycles. The lowest BCUT2D eigenvalue weighted by molar-refractivity contribution is 0.0959. The van der Waals surface area contributed by atoms with Gasteiger partial charge in [-0.1, -0.05) is 13.0 Å². The summed E-state index contributed by atoms with van der Waals surface area (Å²) in [6.07, 6.45) is 0.904. The van der Waals surface area contributed by atoms with E-state index in [4.69, 9.17) is 4.74 Å². The van der Waals surface area contributed by atoms with Crippen molar-refractivity contribution in [2.24, 2.45) is 5.10 Å². The molecule has 1 aliphatic heterocycles. The minimum Gasteiger partial charge on any atom is -0.378 e. The van der Waals surface area contributed by atoms with E-state index in [1.165, 1.54) is 22.3 Å². The number of hydrazone groups is 1. The Balaban J connectivity index is 1.69. The first-order valence-electron chi connectivity index (χ1n) is 9.06. The number of hydrogen-bond donors (Lipinski definition) is 1. The smallest absolute Gasteiger partial charge is 0.281 e. The van der Waals surface area contributed by atoms with Gasteiger partial charge in [0.2, 0.25) is 0 Å². The first kappa shape index (κ1) is 19.5. The van der Waals surface area contributed by atoms with E-state index in [-0.39, 0.29) is 11.7 Å². The molecule has 0 unspecified atom stereocenters. The van der Waals surface area contributed by atoms with E-state index in [0.29, 0.717) is 48.1 Å². The first-order valence-corrected chi connectivity index (χ1v) is 9.87. The third-order valence-electron chi connectivity index (χ3n) is 4.61. The van der Waals surface area contributed by atoms with Gasteiger partial charge in [-0.25, -0.2) is 9.82 Å². The topological polar surface area (TPSA) is 53.9 Å². The number of aryl methyl sites for hydroxylation is 2. The fraction of sp³-hybridized carbons (Fsp3) is 0.400. The minimum absolute atomic E-state index is 0.243. The normalized spacial score (nSPS) is 15.1. The summed E-state index contributed by atoms with van der Waals surface area (Å²) in [6.45, 7) is 8.39. The minimum atomic E-state index is -0.295. The van der Waals surface area contributed by atoms with Gasteiger partial charge >= 0.3 is 0 Å². The second-order valence-electron chi connectivity index (χ2n) is 6.47. The van der Waals surface area contributed by atoms with Crippen LogP contribution in [0.4, 0.5) is 10.1 Å². The Hall–Kier alpha value is -2.25. The summed E-state index contributed by atoms with van der Waals surface area (Å²) in [5.41, 5.74) is 5.45. The molecule has 1 aromatic carbocycles. The molecule has 0 radical (unpaired) electrons. The summed E-state index contributed by atoms with van der Waals surface area (Å²) in [7, 11) is 0. The number of carbonyl (C=O) groups is 1. The molecule has 1 aliphatic rings. The number of nitrogens with one attached hydrogen (secondary N) is 1. The number of nitrogens with zero attached hydrogens (tertiary/aromatic N) is 2.